The van der Waals surface area contributed by atoms with E-state index >= 15 is 0 Å². The normalized spacial score (nSPS) is 30.3. The molecule has 9 heteroatoms. The quantitative estimate of drug-likeness (QED) is 0.348. The van der Waals surface area contributed by atoms with Crippen LogP contribution in [0.25, 0.3) is 0 Å². The molecule has 156 valence electrons. The van der Waals surface area contributed by atoms with Crippen LogP contribution >= 0.6 is 0 Å². The Kier molecular flexibility index (Phi) is 4.16. The summed E-state index contributed by atoms with van der Waals surface area (Å²) in [6, 6.07) is 4.52. The lowest BCUT2D eigenvalue weighted by Crippen LogP contribution is -2.39. The summed E-state index contributed by atoms with van der Waals surface area (Å²) < 4.78 is 0. The second-order valence-corrected chi connectivity index (χ2v) is 8.61. The molecule has 1 aromatic carbocycles. The Labute approximate surface area is 172 Å². The molecule has 9 nitrogen and oxygen atoms in total. The Balaban J connectivity index is 1.44. The summed E-state index contributed by atoms with van der Waals surface area (Å²) in [7, 11) is 0. The van der Waals surface area contributed by atoms with Crippen LogP contribution < -0.4 is 15.5 Å². The molecule has 4 atom stereocenters. The minimum Gasteiger partial charge on any atom is -0.369 e. The van der Waals surface area contributed by atoms with Crippen LogP contribution in [-0.4, -0.2) is 35.7 Å². The number of carbonyl (C=O) groups is 3. The van der Waals surface area contributed by atoms with E-state index in [4.69, 9.17) is 5.73 Å². The van der Waals surface area contributed by atoms with E-state index in [2.05, 4.69) is 0 Å². The summed E-state index contributed by atoms with van der Waals surface area (Å²) in [6.45, 7) is 0.961. The molecule has 3 amide bonds. The molecule has 2 aliphatic carbocycles. The number of hydrogen-bond donors (Lipinski definition) is 1. The summed E-state index contributed by atoms with van der Waals surface area (Å²) in [5.41, 5.74) is 5.89. The Morgan fingerprint density at radius 3 is 2.20 bits per heavy atom. The molecule has 2 bridgehead atoms. The molecule has 0 spiro atoms. The van der Waals surface area contributed by atoms with Gasteiger partial charge in [0.1, 0.15) is 5.69 Å². The van der Waals surface area contributed by atoms with E-state index < -0.39 is 4.92 Å². The number of amides is 3. The van der Waals surface area contributed by atoms with Gasteiger partial charge in [-0.25, -0.2) is 4.90 Å². The van der Waals surface area contributed by atoms with Gasteiger partial charge in [0.25, 0.3) is 5.69 Å². The molecule has 5 rings (SSSR count). The number of piperidine rings is 1. The Morgan fingerprint density at radius 1 is 1.07 bits per heavy atom. The molecule has 2 aliphatic heterocycles. The summed E-state index contributed by atoms with van der Waals surface area (Å²) in [4.78, 5) is 51.7. The number of anilines is 2. The largest absolute Gasteiger partial charge is 0.369 e. The van der Waals surface area contributed by atoms with Crippen LogP contribution in [0.5, 0.6) is 0 Å². The highest BCUT2D eigenvalue weighted by Gasteiger charge is 2.59. The van der Waals surface area contributed by atoms with E-state index in [9.17, 15) is 24.5 Å². The highest BCUT2D eigenvalue weighted by molar-refractivity contribution is 6.23. The summed E-state index contributed by atoms with van der Waals surface area (Å²) >= 11 is 0. The number of nitrogens with two attached hydrogens (primary N) is 1. The average molecular weight is 410 g/mol. The van der Waals surface area contributed by atoms with Gasteiger partial charge >= 0.3 is 0 Å². The molecule has 1 aromatic rings. The molecule has 3 fully saturated rings. The van der Waals surface area contributed by atoms with Crippen LogP contribution in [-0.2, 0) is 14.4 Å². The third kappa shape index (κ3) is 2.64. The van der Waals surface area contributed by atoms with Gasteiger partial charge in [-0.3, -0.25) is 24.5 Å². The first-order valence-corrected chi connectivity index (χ1v) is 10.3. The number of hydrogen-bond acceptors (Lipinski definition) is 6. The Morgan fingerprint density at radius 2 is 1.67 bits per heavy atom. The third-order valence-corrected chi connectivity index (χ3v) is 7.12. The predicted octanol–water partition coefficient (Wildman–Crippen LogP) is 1.61. The standard InChI is InChI=1S/C21H22N4O5/c22-19(26)11-5-7-23(8-6-11)15-4-3-14(10-16(15)25(29)30)24-20(27)17-12-1-2-13(9-12)18(17)21(24)28/h1-4,10-13,17-18H,5-9H2,(H2,22,26)/t12-,13-,17+,18+/m0/s1. The van der Waals surface area contributed by atoms with Gasteiger partial charge in [-0.05, 0) is 43.2 Å². The van der Waals surface area contributed by atoms with Crippen LogP contribution in [0, 0.1) is 39.7 Å². The zero-order chi connectivity index (χ0) is 21.2. The van der Waals surface area contributed by atoms with Crippen LogP contribution in [0.4, 0.5) is 17.1 Å². The molecule has 2 N–H and O–H groups in total. The van der Waals surface area contributed by atoms with Gasteiger partial charge in [-0.1, -0.05) is 12.2 Å². The maximum Gasteiger partial charge on any atom is 0.294 e. The van der Waals surface area contributed by atoms with Crippen molar-refractivity contribution in [1.29, 1.82) is 0 Å². The van der Waals surface area contributed by atoms with E-state index in [1.165, 1.54) is 6.07 Å². The van der Waals surface area contributed by atoms with Crippen LogP contribution in [0.3, 0.4) is 0 Å². The lowest BCUT2D eigenvalue weighted by atomic mass is 9.85. The first-order chi connectivity index (χ1) is 14.4. The van der Waals surface area contributed by atoms with Crippen molar-refractivity contribution in [3.63, 3.8) is 0 Å². The summed E-state index contributed by atoms with van der Waals surface area (Å²) in [5, 5.41) is 11.8. The van der Waals surface area contributed by atoms with Crippen molar-refractivity contribution < 1.29 is 19.3 Å². The van der Waals surface area contributed by atoms with Crippen molar-refractivity contribution in [2.45, 2.75) is 19.3 Å². The Bertz CT molecular complexity index is 967. The molecular formula is C21H22N4O5. The molecule has 0 unspecified atom stereocenters. The smallest absolute Gasteiger partial charge is 0.294 e. The molecule has 0 radical (unpaired) electrons. The van der Waals surface area contributed by atoms with E-state index in [-0.39, 0.29) is 58.7 Å². The minimum absolute atomic E-state index is 0.0854. The molecule has 4 aliphatic rings. The number of imide groups is 1. The van der Waals surface area contributed by atoms with Crippen LogP contribution in [0.2, 0.25) is 0 Å². The number of nitro benzene ring substituents is 1. The first kappa shape index (κ1) is 18.8. The van der Waals surface area contributed by atoms with Crippen molar-refractivity contribution in [3.05, 3.63) is 40.5 Å². The zero-order valence-corrected chi connectivity index (χ0v) is 16.3. The minimum atomic E-state index is -0.490. The lowest BCUT2D eigenvalue weighted by Gasteiger charge is -2.32. The van der Waals surface area contributed by atoms with Crippen molar-refractivity contribution in [3.8, 4) is 0 Å². The van der Waals surface area contributed by atoms with Crippen molar-refractivity contribution in [2.24, 2.45) is 35.3 Å². The maximum absolute atomic E-state index is 13.0. The summed E-state index contributed by atoms with van der Waals surface area (Å²) in [6.07, 6.45) is 5.94. The fourth-order valence-corrected chi connectivity index (χ4v) is 5.63. The van der Waals surface area contributed by atoms with Gasteiger partial charge in [-0.15, -0.1) is 0 Å². The van der Waals surface area contributed by atoms with Gasteiger partial charge < -0.3 is 10.6 Å². The number of carbonyl (C=O) groups excluding carboxylic acids is 3. The van der Waals surface area contributed by atoms with Gasteiger partial charge in [0, 0.05) is 25.1 Å². The zero-order valence-electron chi connectivity index (χ0n) is 16.3. The number of benzene rings is 1. The molecule has 1 saturated carbocycles. The van der Waals surface area contributed by atoms with Gasteiger partial charge in [0.2, 0.25) is 17.7 Å². The number of nitrogens with zero attached hydrogens (tertiary/aromatic N) is 3. The second-order valence-electron chi connectivity index (χ2n) is 8.61. The number of rotatable bonds is 4. The van der Waals surface area contributed by atoms with Gasteiger partial charge in [-0.2, -0.15) is 0 Å². The van der Waals surface area contributed by atoms with Crippen molar-refractivity contribution in [2.75, 3.05) is 22.9 Å². The number of allylic oxidation sites excluding steroid dienone is 2. The van der Waals surface area contributed by atoms with Crippen LogP contribution in [0.1, 0.15) is 19.3 Å². The van der Waals surface area contributed by atoms with E-state index in [1.807, 2.05) is 17.1 Å². The highest BCUT2D eigenvalue weighted by atomic mass is 16.6. The van der Waals surface area contributed by atoms with Crippen molar-refractivity contribution in [1.82, 2.24) is 0 Å². The van der Waals surface area contributed by atoms with Gasteiger partial charge in [0.05, 0.1) is 22.4 Å². The van der Waals surface area contributed by atoms with E-state index in [1.54, 1.807) is 12.1 Å². The molecule has 0 aromatic heterocycles. The monoisotopic (exact) mass is 410 g/mol. The van der Waals surface area contributed by atoms with E-state index in [0.717, 1.165) is 11.3 Å². The fraction of sp³-hybridized carbons (Fsp3) is 0.476. The SMILES string of the molecule is NC(=O)C1CCN(c2ccc(N3C(=O)[C@H]4[C@H](C3=O)[C@H]3C=C[C@H]4C3)cc2[N+](=O)[O-])CC1. The summed E-state index contributed by atoms with van der Waals surface area (Å²) in [5.74, 6) is -1.61. The molecule has 30 heavy (non-hydrogen) atoms. The number of nitro groups is 1. The third-order valence-electron chi connectivity index (χ3n) is 7.12. The predicted molar refractivity (Wildman–Crippen MR) is 107 cm³/mol. The van der Waals surface area contributed by atoms with E-state index in [0.29, 0.717) is 31.6 Å². The topological polar surface area (TPSA) is 127 Å². The van der Waals surface area contributed by atoms with Crippen LogP contribution in [0.15, 0.2) is 30.4 Å². The molecule has 2 saturated heterocycles. The lowest BCUT2D eigenvalue weighted by molar-refractivity contribution is -0.384. The average Bonchev–Trinajstić information content (AvgIpc) is 3.41. The first-order valence-electron chi connectivity index (χ1n) is 10.3. The maximum atomic E-state index is 13.0. The second kappa shape index (κ2) is 6.65. The van der Waals surface area contributed by atoms with Gasteiger partial charge in [0.15, 0.2) is 0 Å². The number of primary amides is 1. The Hall–Kier alpha value is -3.23. The molecular weight excluding hydrogens is 388 g/mol. The molecule has 2 heterocycles. The van der Waals surface area contributed by atoms with Crippen molar-refractivity contribution >= 4 is 34.8 Å². The highest BCUT2D eigenvalue weighted by Crippen LogP contribution is 2.53. The fourth-order valence-electron chi connectivity index (χ4n) is 5.63. The number of fused-ring (bicyclic) bond motifs is 5.